The first-order chi connectivity index (χ1) is 14.0. The molecule has 7 heteroatoms. The molecule has 1 N–H and O–H groups in total. The van der Waals surface area contributed by atoms with Crippen molar-refractivity contribution >= 4 is 23.2 Å². The second-order valence-electron chi connectivity index (χ2n) is 8.31. The molecule has 5 nitrogen and oxygen atoms in total. The summed E-state index contributed by atoms with van der Waals surface area (Å²) in [5.41, 5.74) is 1.61. The van der Waals surface area contributed by atoms with E-state index in [1.165, 1.54) is 0 Å². The summed E-state index contributed by atoms with van der Waals surface area (Å²) in [5.74, 6) is 0.485. The molecule has 1 saturated heterocycles. The third kappa shape index (κ3) is 3.92. The van der Waals surface area contributed by atoms with Crippen molar-refractivity contribution in [2.75, 3.05) is 26.2 Å². The van der Waals surface area contributed by atoms with Crippen LogP contribution < -0.4 is 5.32 Å². The van der Waals surface area contributed by atoms with E-state index in [0.29, 0.717) is 27.6 Å². The highest BCUT2D eigenvalue weighted by molar-refractivity contribution is 6.42. The topological polar surface area (TPSA) is 56.9 Å². The zero-order valence-corrected chi connectivity index (χ0v) is 18.3. The number of nitrogens with one attached hydrogen (secondary N) is 1. The van der Waals surface area contributed by atoms with Gasteiger partial charge < -0.3 is 5.32 Å². The Labute approximate surface area is 182 Å². The van der Waals surface area contributed by atoms with Crippen LogP contribution in [0, 0.1) is 17.2 Å². The summed E-state index contributed by atoms with van der Waals surface area (Å²) < 4.78 is 1.98. The van der Waals surface area contributed by atoms with Crippen LogP contribution in [-0.4, -0.2) is 40.9 Å². The van der Waals surface area contributed by atoms with Crippen molar-refractivity contribution in [3.63, 3.8) is 0 Å². The molecule has 1 unspecified atom stereocenters. The lowest BCUT2D eigenvalue weighted by molar-refractivity contribution is 0.00965. The first-order valence-corrected chi connectivity index (χ1v) is 11.1. The van der Waals surface area contributed by atoms with Gasteiger partial charge in [0.25, 0.3) is 0 Å². The number of nitriles is 1. The van der Waals surface area contributed by atoms with Crippen molar-refractivity contribution in [3.8, 4) is 6.07 Å². The van der Waals surface area contributed by atoms with Crippen LogP contribution in [0.3, 0.4) is 0 Å². The van der Waals surface area contributed by atoms with Crippen LogP contribution in [0.15, 0.2) is 30.6 Å². The minimum absolute atomic E-state index is 0.156. The predicted molar refractivity (Wildman–Crippen MR) is 116 cm³/mol. The maximum absolute atomic E-state index is 9.08. The first-order valence-electron chi connectivity index (χ1n) is 10.4. The highest BCUT2D eigenvalue weighted by atomic mass is 35.5. The molecule has 0 bridgehead atoms. The van der Waals surface area contributed by atoms with E-state index in [4.69, 9.17) is 28.5 Å². The van der Waals surface area contributed by atoms with Crippen LogP contribution in [0.1, 0.15) is 49.8 Å². The third-order valence-corrected chi connectivity index (χ3v) is 7.69. The van der Waals surface area contributed by atoms with Gasteiger partial charge in [-0.2, -0.15) is 10.4 Å². The molecule has 2 heterocycles. The zero-order chi connectivity index (χ0) is 20.4. The Balaban J connectivity index is 1.60. The predicted octanol–water partition coefficient (Wildman–Crippen LogP) is 4.61. The molecule has 2 fully saturated rings. The van der Waals surface area contributed by atoms with Crippen molar-refractivity contribution in [1.29, 1.82) is 5.26 Å². The smallest absolute Gasteiger partial charge is 0.102 e. The normalized spacial score (nSPS) is 25.3. The van der Waals surface area contributed by atoms with Gasteiger partial charge >= 0.3 is 0 Å². The summed E-state index contributed by atoms with van der Waals surface area (Å²) >= 11 is 13.2. The molecule has 1 atom stereocenters. The second-order valence-corrected chi connectivity index (χ2v) is 9.10. The molecular weight excluding hydrogens is 405 g/mol. The van der Waals surface area contributed by atoms with Crippen LogP contribution in [0.2, 0.25) is 10.0 Å². The van der Waals surface area contributed by atoms with E-state index in [2.05, 4.69) is 34.4 Å². The molecule has 0 spiro atoms. The van der Waals surface area contributed by atoms with E-state index < -0.39 is 0 Å². The number of hydrogen-bond donors (Lipinski definition) is 1. The summed E-state index contributed by atoms with van der Waals surface area (Å²) in [6, 6.07) is 8.56. The fraction of sp³-hybridized carbons (Fsp3) is 0.545. The van der Waals surface area contributed by atoms with Crippen molar-refractivity contribution in [3.05, 3.63) is 51.8 Å². The van der Waals surface area contributed by atoms with Crippen molar-refractivity contribution in [2.45, 2.75) is 44.2 Å². The summed E-state index contributed by atoms with van der Waals surface area (Å²) in [7, 11) is 0. The number of halogens is 2. The van der Waals surface area contributed by atoms with E-state index in [-0.39, 0.29) is 5.54 Å². The standard InChI is InChI=1S/C22H27Cl2N5/c1-22(28-11-9-26-10-12-28,19-3-2-4-20(23)21(19)24)17-5-7-18(8-6-17)29-15-16(13-25)14-27-29/h2-4,14-15,17-18,26H,5-12H2,1H3. The second kappa shape index (κ2) is 8.65. The number of benzene rings is 1. The number of rotatable bonds is 4. The van der Waals surface area contributed by atoms with Gasteiger partial charge in [-0.25, -0.2) is 0 Å². The fourth-order valence-corrected chi connectivity index (χ4v) is 5.66. The molecule has 2 aliphatic rings. The van der Waals surface area contributed by atoms with Crippen molar-refractivity contribution in [1.82, 2.24) is 20.0 Å². The Morgan fingerprint density at radius 2 is 1.90 bits per heavy atom. The maximum atomic E-state index is 9.08. The maximum Gasteiger partial charge on any atom is 0.102 e. The number of aromatic nitrogens is 2. The Morgan fingerprint density at radius 1 is 1.17 bits per heavy atom. The number of piperazine rings is 1. The molecule has 1 aliphatic heterocycles. The van der Waals surface area contributed by atoms with E-state index in [9.17, 15) is 0 Å². The van der Waals surface area contributed by atoms with Gasteiger partial charge in [-0.1, -0.05) is 35.3 Å². The van der Waals surface area contributed by atoms with E-state index in [1.54, 1.807) is 6.20 Å². The van der Waals surface area contributed by atoms with Gasteiger partial charge in [0.2, 0.25) is 0 Å². The number of nitrogens with zero attached hydrogens (tertiary/aromatic N) is 4. The minimum Gasteiger partial charge on any atom is -0.314 e. The van der Waals surface area contributed by atoms with Crippen LogP contribution >= 0.6 is 23.2 Å². The summed E-state index contributed by atoms with van der Waals surface area (Å²) in [4.78, 5) is 2.59. The average Bonchev–Trinajstić information content (AvgIpc) is 3.25. The Hall–Kier alpha value is -1.58. The average molecular weight is 432 g/mol. The molecule has 29 heavy (non-hydrogen) atoms. The van der Waals surface area contributed by atoms with Crippen LogP contribution in [0.4, 0.5) is 0 Å². The molecule has 1 aromatic carbocycles. The molecule has 1 aliphatic carbocycles. The van der Waals surface area contributed by atoms with Gasteiger partial charge in [-0.15, -0.1) is 0 Å². The highest BCUT2D eigenvalue weighted by Gasteiger charge is 2.44. The van der Waals surface area contributed by atoms with E-state index >= 15 is 0 Å². The van der Waals surface area contributed by atoms with Crippen LogP contribution in [0.5, 0.6) is 0 Å². The van der Waals surface area contributed by atoms with Crippen LogP contribution in [0.25, 0.3) is 0 Å². The third-order valence-electron chi connectivity index (χ3n) is 6.87. The SMILES string of the molecule is CC(c1cccc(Cl)c1Cl)(C1CCC(n2cc(C#N)cn2)CC1)N1CCNCC1. The summed E-state index contributed by atoms with van der Waals surface area (Å²) in [6.45, 7) is 6.34. The molecular formula is C22H27Cl2N5. The van der Waals surface area contributed by atoms with Gasteiger partial charge in [-0.05, 0) is 50.2 Å². The van der Waals surface area contributed by atoms with Gasteiger partial charge in [0.1, 0.15) is 6.07 Å². The number of hydrogen-bond acceptors (Lipinski definition) is 4. The Kier molecular flexibility index (Phi) is 6.17. The monoisotopic (exact) mass is 431 g/mol. The molecule has 1 saturated carbocycles. The summed E-state index contributed by atoms with van der Waals surface area (Å²) in [6.07, 6.45) is 7.82. The van der Waals surface area contributed by atoms with Gasteiger partial charge in [-0.3, -0.25) is 9.58 Å². The largest absolute Gasteiger partial charge is 0.314 e. The molecule has 1 aromatic heterocycles. The van der Waals surface area contributed by atoms with Crippen molar-refractivity contribution < 1.29 is 0 Å². The quantitative estimate of drug-likeness (QED) is 0.767. The lowest BCUT2D eigenvalue weighted by Crippen LogP contribution is -2.56. The molecule has 0 amide bonds. The molecule has 4 rings (SSSR count). The Morgan fingerprint density at radius 3 is 2.55 bits per heavy atom. The molecule has 0 radical (unpaired) electrons. The van der Waals surface area contributed by atoms with Gasteiger partial charge in [0, 0.05) is 37.9 Å². The van der Waals surface area contributed by atoms with Crippen LogP contribution in [-0.2, 0) is 5.54 Å². The lowest BCUT2D eigenvalue weighted by atomic mass is 9.69. The van der Waals surface area contributed by atoms with Crippen molar-refractivity contribution in [2.24, 2.45) is 5.92 Å². The molecule has 2 aromatic rings. The van der Waals surface area contributed by atoms with Gasteiger partial charge in [0.05, 0.1) is 27.8 Å². The lowest BCUT2D eigenvalue weighted by Gasteiger charge is -2.51. The summed E-state index contributed by atoms with van der Waals surface area (Å²) in [5, 5.41) is 18.3. The van der Waals surface area contributed by atoms with E-state index in [0.717, 1.165) is 57.4 Å². The zero-order valence-electron chi connectivity index (χ0n) is 16.7. The molecule has 154 valence electrons. The highest BCUT2D eigenvalue weighted by Crippen LogP contribution is 2.48. The Bertz CT molecular complexity index is 891. The van der Waals surface area contributed by atoms with E-state index in [1.807, 2.05) is 23.0 Å². The fourth-order valence-electron chi connectivity index (χ4n) is 5.17. The minimum atomic E-state index is -0.156. The first kappa shape index (κ1) is 20.7. The van der Waals surface area contributed by atoms with Gasteiger partial charge in [0.15, 0.2) is 0 Å².